The monoisotopic (exact) mass is 280 g/mol. The SMILES string of the molecule is COC(=O)C(C)(C)COCCCOCc1ccccc1. The zero-order chi connectivity index (χ0) is 14.8. The van der Waals surface area contributed by atoms with Crippen LogP contribution in [0.3, 0.4) is 0 Å². The molecule has 0 bridgehead atoms. The minimum absolute atomic E-state index is 0.252. The van der Waals surface area contributed by atoms with E-state index in [1.807, 2.05) is 44.2 Å². The molecule has 0 N–H and O–H groups in total. The van der Waals surface area contributed by atoms with E-state index in [1.54, 1.807) is 0 Å². The third-order valence-corrected chi connectivity index (χ3v) is 2.89. The molecule has 0 unspecified atom stereocenters. The summed E-state index contributed by atoms with van der Waals surface area (Å²) in [6, 6.07) is 10.1. The van der Waals surface area contributed by atoms with Gasteiger partial charge in [-0.2, -0.15) is 0 Å². The highest BCUT2D eigenvalue weighted by Crippen LogP contribution is 2.17. The van der Waals surface area contributed by atoms with E-state index < -0.39 is 5.41 Å². The van der Waals surface area contributed by atoms with Crippen molar-refractivity contribution < 1.29 is 19.0 Å². The summed E-state index contributed by atoms with van der Waals surface area (Å²) in [6.45, 7) is 5.82. The minimum Gasteiger partial charge on any atom is -0.469 e. The van der Waals surface area contributed by atoms with Crippen molar-refractivity contribution in [3.05, 3.63) is 35.9 Å². The van der Waals surface area contributed by atoms with E-state index in [9.17, 15) is 4.79 Å². The van der Waals surface area contributed by atoms with Gasteiger partial charge in [0.15, 0.2) is 0 Å². The van der Waals surface area contributed by atoms with E-state index >= 15 is 0 Å². The molecule has 0 atom stereocenters. The second-order valence-corrected chi connectivity index (χ2v) is 5.32. The van der Waals surface area contributed by atoms with Crippen LogP contribution in [0.5, 0.6) is 0 Å². The summed E-state index contributed by atoms with van der Waals surface area (Å²) in [5.41, 5.74) is 0.569. The van der Waals surface area contributed by atoms with Gasteiger partial charge in [-0.3, -0.25) is 4.79 Å². The first-order chi connectivity index (χ1) is 9.56. The third-order valence-electron chi connectivity index (χ3n) is 2.89. The largest absolute Gasteiger partial charge is 0.469 e. The molecular formula is C16H24O4. The number of esters is 1. The van der Waals surface area contributed by atoms with Crippen LogP contribution in [0.15, 0.2) is 30.3 Å². The second kappa shape index (κ2) is 8.72. The van der Waals surface area contributed by atoms with Crippen LogP contribution in [0.1, 0.15) is 25.8 Å². The number of rotatable bonds is 9. The Morgan fingerprint density at radius 2 is 1.75 bits per heavy atom. The highest BCUT2D eigenvalue weighted by Gasteiger charge is 2.28. The number of benzene rings is 1. The molecule has 20 heavy (non-hydrogen) atoms. The van der Waals surface area contributed by atoms with Crippen molar-refractivity contribution >= 4 is 5.97 Å². The number of methoxy groups -OCH3 is 1. The van der Waals surface area contributed by atoms with E-state index in [0.29, 0.717) is 26.4 Å². The molecule has 4 nitrogen and oxygen atoms in total. The number of hydrogen-bond donors (Lipinski definition) is 0. The molecular weight excluding hydrogens is 256 g/mol. The topological polar surface area (TPSA) is 44.8 Å². The van der Waals surface area contributed by atoms with E-state index in [4.69, 9.17) is 14.2 Å². The Morgan fingerprint density at radius 1 is 1.10 bits per heavy atom. The normalized spacial score (nSPS) is 11.3. The Bertz CT molecular complexity index is 387. The molecule has 0 aliphatic heterocycles. The molecule has 1 aromatic rings. The van der Waals surface area contributed by atoms with Crippen LogP contribution >= 0.6 is 0 Å². The molecule has 0 fully saturated rings. The average molecular weight is 280 g/mol. The molecule has 112 valence electrons. The standard InChI is InChI=1S/C16H24O4/c1-16(2,15(17)18-3)13-20-11-7-10-19-12-14-8-5-4-6-9-14/h4-6,8-9H,7,10-13H2,1-3H3. The van der Waals surface area contributed by atoms with Gasteiger partial charge in [-0.25, -0.2) is 0 Å². The molecule has 0 spiro atoms. The van der Waals surface area contributed by atoms with Gasteiger partial charge in [0.2, 0.25) is 0 Å². The fourth-order valence-electron chi connectivity index (χ4n) is 1.69. The lowest BCUT2D eigenvalue weighted by molar-refractivity contribution is -0.154. The van der Waals surface area contributed by atoms with Crippen molar-refractivity contribution in [2.24, 2.45) is 5.41 Å². The summed E-state index contributed by atoms with van der Waals surface area (Å²) >= 11 is 0. The van der Waals surface area contributed by atoms with Crippen molar-refractivity contribution in [3.8, 4) is 0 Å². The molecule has 0 amide bonds. The molecule has 0 saturated carbocycles. The maximum absolute atomic E-state index is 11.4. The maximum atomic E-state index is 11.4. The fraction of sp³-hybridized carbons (Fsp3) is 0.562. The Balaban J connectivity index is 2.04. The zero-order valence-corrected chi connectivity index (χ0v) is 12.6. The quantitative estimate of drug-likeness (QED) is 0.515. The highest BCUT2D eigenvalue weighted by atomic mass is 16.5. The highest BCUT2D eigenvalue weighted by molar-refractivity contribution is 5.75. The van der Waals surface area contributed by atoms with Crippen LogP contribution in [0, 0.1) is 5.41 Å². The molecule has 0 aliphatic rings. The summed E-state index contributed by atoms with van der Waals surface area (Å²) in [7, 11) is 1.39. The van der Waals surface area contributed by atoms with Crippen LogP contribution in [0.25, 0.3) is 0 Å². The van der Waals surface area contributed by atoms with Gasteiger partial charge >= 0.3 is 5.97 Å². The summed E-state index contributed by atoms with van der Waals surface area (Å²) in [5, 5.41) is 0. The van der Waals surface area contributed by atoms with Crippen molar-refractivity contribution in [2.45, 2.75) is 26.9 Å². The van der Waals surface area contributed by atoms with Crippen LogP contribution < -0.4 is 0 Å². The number of hydrogen-bond acceptors (Lipinski definition) is 4. The van der Waals surface area contributed by atoms with Crippen molar-refractivity contribution in [3.63, 3.8) is 0 Å². The van der Waals surface area contributed by atoms with E-state index in [2.05, 4.69) is 0 Å². The first kappa shape index (κ1) is 16.7. The lowest BCUT2D eigenvalue weighted by Gasteiger charge is -2.21. The third kappa shape index (κ3) is 6.17. The van der Waals surface area contributed by atoms with E-state index in [1.165, 1.54) is 12.7 Å². The summed E-state index contributed by atoms with van der Waals surface area (Å²) < 4.78 is 15.8. The van der Waals surface area contributed by atoms with Crippen LogP contribution in [0.4, 0.5) is 0 Å². The van der Waals surface area contributed by atoms with Gasteiger partial charge in [-0.1, -0.05) is 30.3 Å². The van der Waals surface area contributed by atoms with Crippen molar-refractivity contribution in [1.29, 1.82) is 0 Å². The molecule has 4 heteroatoms. The number of ether oxygens (including phenoxy) is 3. The predicted molar refractivity (Wildman–Crippen MR) is 77.3 cm³/mol. The Morgan fingerprint density at radius 3 is 2.40 bits per heavy atom. The lowest BCUT2D eigenvalue weighted by Crippen LogP contribution is -2.31. The van der Waals surface area contributed by atoms with Gasteiger partial charge in [0.25, 0.3) is 0 Å². The number of carbonyl (C=O) groups excluding carboxylic acids is 1. The fourth-order valence-corrected chi connectivity index (χ4v) is 1.69. The van der Waals surface area contributed by atoms with Crippen LogP contribution in [-0.2, 0) is 25.6 Å². The molecule has 1 rings (SSSR count). The second-order valence-electron chi connectivity index (χ2n) is 5.32. The lowest BCUT2D eigenvalue weighted by atomic mass is 9.95. The van der Waals surface area contributed by atoms with Gasteiger partial charge in [0.05, 0.1) is 25.7 Å². The van der Waals surface area contributed by atoms with Gasteiger partial charge in [-0.15, -0.1) is 0 Å². The average Bonchev–Trinajstić information content (AvgIpc) is 2.46. The minimum atomic E-state index is -0.598. The van der Waals surface area contributed by atoms with E-state index in [0.717, 1.165) is 6.42 Å². The van der Waals surface area contributed by atoms with Gasteiger partial charge in [0.1, 0.15) is 0 Å². The molecule has 0 saturated heterocycles. The molecule has 1 aromatic carbocycles. The van der Waals surface area contributed by atoms with Crippen LogP contribution in [-0.4, -0.2) is 32.9 Å². The Hall–Kier alpha value is -1.39. The Kier molecular flexibility index (Phi) is 7.26. The van der Waals surface area contributed by atoms with Crippen molar-refractivity contribution in [1.82, 2.24) is 0 Å². The first-order valence-corrected chi connectivity index (χ1v) is 6.84. The first-order valence-electron chi connectivity index (χ1n) is 6.84. The molecule has 0 aromatic heterocycles. The zero-order valence-electron chi connectivity index (χ0n) is 12.6. The summed E-state index contributed by atoms with van der Waals surface area (Å²) in [4.78, 5) is 11.4. The Labute approximate surface area is 121 Å². The predicted octanol–water partition coefficient (Wildman–Crippen LogP) is 2.81. The van der Waals surface area contributed by atoms with Gasteiger partial charge in [-0.05, 0) is 25.8 Å². The van der Waals surface area contributed by atoms with Crippen LogP contribution in [0.2, 0.25) is 0 Å². The summed E-state index contributed by atoms with van der Waals surface area (Å²) in [5.74, 6) is -0.252. The summed E-state index contributed by atoms with van der Waals surface area (Å²) in [6.07, 6.45) is 0.810. The van der Waals surface area contributed by atoms with Crippen molar-refractivity contribution in [2.75, 3.05) is 26.9 Å². The smallest absolute Gasteiger partial charge is 0.313 e. The van der Waals surface area contributed by atoms with E-state index in [-0.39, 0.29) is 5.97 Å². The van der Waals surface area contributed by atoms with Gasteiger partial charge < -0.3 is 14.2 Å². The van der Waals surface area contributed by atoms with Gasteiger partial charge in [0, 0.05) is 13.2 Å². The molecule has 0 radical (unpaired) electrons. The number of carbonyl (C=O) groups is 1. The molecule has 0 aliphatic carbocycles. The maximum Gasteiger partial charge on any atom is 0.313 e. The molecule has 0 heterocycles.